The van der Waals surface area contributed by atoms with E-state index in [4.69, 9.17) is 0 Å². The fourth-order valence-corrected chi connectivity index (χ4v) is 2.93. The van der Waals surface area contributed by atoms with Crippen LogP contribution in [0.2, 0.25) is 0 Å². The number of aromatic amines is 1. The second-order valence-corrected chi connectivity index (χ2v) is 5.12. The smallest absolute Gasteiger partial charge is 0.255 e. The molecule has 3 rings (SSSR count). The number of hydrogen-bond donors (Lipinski definition) is 1. The fourth-order valence-electron chi connectivity index (χ4n) is 2.93. The molecular weight excluding hydrogens is 236 g/mol. The third-order valence-electron chi connectivity index (χ3n) is 3.97. The molecule has 1 aromatic carbocycles. The molecule has 0 bridgehead atoms. The molecule has 1 aromatic heterocycles. The molecule has 1 aliphatic carbocycles. The number of carbonyl (C=O) groups is 1. The summed E-state index contributed by atoms with van der Waals surface area (Å²) in [6, 6.07) is 10.5. The standard InChI is InChI=1S/C16H18N2O/c1-18(16(19)13-9-10-17-11-13)15-8-4-6-12-5-2-3-7-14(12)15/h2-3,5,7,9-11,15,17H,4,6,8H2,1H3/t15-/m1/s1. The van der Waals surface area contributed by atoms with Crippen LogP contribution in [0.3, 0.4) is 0 Å². The van der Waals surface area contributed by atoms with E-state index < -0.39 is 0 Å². The molecule has 1 atom stereocenters. The summed E-state index contributed by atoms with van der Waals surface area (Å²) < 4.78 is 0. The average molecular weight is 254 g/mol. The first-order chi connectivity index (χ1) is 9.27. The highest BCUT2D eigenvalue weighted by atomic mass is 16.2. The van der Waals surface area contributed by atoms with Crippen molar-refractivity contribution < 1.29 is 4.79 Å². The fraction of sp³-hybridized carbons (Fsp3) is 0.312. The van der Waals surface area contributed by atoms with Gasteiger partial charge in [-0.05, 0) is 36.5 Å². The van der Waals surface area contributed by atoms with Gasteiger partial charge in [-0.2, -0.15) is 0 Å². The van der Waals surface area contributed by atoms with Crippen LogP contribution in [-0.4, -0.2) is 22.8 Å². The topological polar surface area (TPSA) is 36.1 Å². The minimum Gasteiger partial charge on any atom is -0.367 e. The number of amides is 1. The molecule has 3 heteroatoms. The lowest BCUT2D eigenvalue weighted by Gasteiger charge is -2.33. The van der Waals surface area contributed by atoms with E-state index in [0.29, 0.717) is 0 Å². The molecule has 3 nitrogen and oxygen atoms in total. The lowest BCUT2D eigenvalue weighted by molar-refractivity contribution is 0.0715. The van der Waals surface area contributed by atoms with Crippen LogP contribution in [0.15, 0.2) is 42.7 Å². The first-order valence-electron chi connectivity index (χ1n) is 6.75. The van der Waals surface area contributed by atoms with Crippen LogP contribution in [0.5, 0.6) is 0 Å². The first kappa shape index (κ1) is 12.0. The Labute approximate surface area is 113 Å². The minimum atomic E-state index is 0.0861. The summed E-state index contributed by atoms with van der Waals surface area (Å²) in [4.78, 5) is 17.2. The van der Waals surface area contributed by atoms with Gasteiger partial charge in [0.05, 0.1) is 11.6 Å². The van der Waals surface area contributed by atoms with Crippen molar-refractivity contribution in [3.8, 4) is 0 Å². The summed E-state index contributed by atoms with van der Waals surface area (Å²) in [6.45, 7) is 0. The largest absolute Gasteiger partial charge is 0.367 e. The Balaban J connectivity index is 1.89. The zero-order chi connectivity index (χ0) is 13.2. The number of H-pyrrole nitrogens is 1. The van der Waals surface area contributed by atoms with Gasteiger partial charge in [0.25, 0.3) is 5.91 Å². The van der Waals surface area contributed by atoms with Crippen molar-refractivity contribution in [3.63, 3.8) is 0 Å². The number of benzene rings is 1. The molecule has 0 saturated heterocycles. The van der Waals surface area contributed by atoms with Crippen LogP contribution in [-0.2, 0) is 6.42 Å². The Bertz CT molecular complexity index is 574. The van der Waals surface area contributed by atoms with E-state index in [1.807, 2.05) is 18.0 Å². The van der Waals surface area contributed by atoms with E-state index in [0.717, 1.165) is 24.8 Å². The Morgan fingerprint density at radius 1 is 1.32 bits per heavy atom. The van der Waals surface area contributed by atoms with Crippen molar-refractivity contribution in [2.24, 2.45) is 0 Å². The van der Waals surface area contributed by atoms with Crippen LogP contribution >= 0.6 is 0 Å². The lowest BCUT2D eigenvalue weighted by Crippen LogP contribution is -2.33. The number of nitrogens with one attached hydrogen (secondary N) is 1. The van der Waals surface area contributed by atoms with Gasteiger partial charge in [-0.1, -0.05) is 24.3 Å². The Hall–Kier alpha value is -2.03. The van der Waals surface area contributed by atoms with Gasteiger partial charge in [-0.3, -0.25) is 4.79 Å². The molecule has 0 fully saturated rings. The van der Waals surface area contributed by atoms with E-state index >= 15 is 0 Å². The van der Waals surface area contributed by atoms with Gasteiger partial charge in [0.2, 0.25) is 0 Å². The second kappa shape index (κ2) is 4.92. The van der Waals surface area contributed by atoms with Crippen molar-refractivity contribution in [2.45, 2.75) is 25.3 Å². The van der Waals surface area contributed by atoms with Gasteiger partial charge in [-0.25, -0.2) is 0 Å². The van der Waals surface area contributed by atoms with Gasteiger partial charge in [0.1, 0.15) is 0 Å². The SMILES string of the molecule is CN(C(=O)c1cc[nH]c1)[C@@H]1CCCc2ccccc21. The van der Waals surface area contributed by atoms with E-state index in [9.17, 15) is 4.79 Å². The third kappa shape index (κ3) is 2.16. The maximum atomic E-state index is 12.4. The van der Waals surface area contributed by atoms with Gasteiger partial charge < -0.3 is 9.88 Å². The van der Waals surface area contributed by atoms with Crippen molar-refractivity contribution in [1.29, 1.82) is 0 Å². The molecule has 0 spiro atoms. The molecule has 0 aliphatic heterocycles. The van der Waals surface area contributed by atoms with Crippen LogP contribution in [0.4, 0.5) is 0 Å². The summed E-state index contributed by atoms with van der Waals surface area (Å²) in [5.74, 6) is 0.0861. The predicted molar refractivity (Wildman–Crippen MR) is 75.0 cm³/mol. The molecule has 1 N–H and O–H groups in total. The van der Waals surface area contributed by atoms with Gasteiger partial charge in [0.15, 0.2) is 0 Å². The molecule has 19 heavy (non-hydrogen) atoms. The van der Waals surface area contributed by atoms with E-state index in [2.05, 4.69) is 29.2 Å². The molecule has 1 aliphatic rings. The predicted octanol–water partition coefficient (Wildman–Crippen LogP) is 3.16. The van der Waals surface area contributed by atoms with Crippen LogP contribution in [0, 0.1) is 0 Å². The number of carbonyl (C=O) groups excluding carboxylic acids is 1. The van der Waals surface area contributed by atoms with Crippen LogP contribution < -0.4 is 0 Å². The lowest BCUT2D eigenvalue weighted by atomic mass is 9.87. The summed E-state index contributed by atoms with van der Waals surface area (Å²) >= 11 is 0. The van der Waals surface area contributed by atoms with Crippen molar-refractivity contribution in [2.75, 3.05) is 7.05 Å². The maximum absolute atomic E-state index is 12.4. The maximum Gasteiger partial charge on any atom is 0.255 e. The molecule has 1 amide bonds. The van der Waals surface area contributed by atoms with Crippen LogP contribution in [0.25, 0.3) is 0 Å². The monoisotopic (exact) mass is 254 g/mol. The van der Waals surface area contributed by atoms with Gasteiger partial charge >= 0.3 is 0 Å². The summed E-state index contributed by atoms with van der Waals surface area (Å²) in [6.07, 6.45) is 6.86. The summed E-state index contributed by atoms with van der Waals surface area (Å²) in [7, 11) is 1.90. The second-order valence-electron chi connectivity index (χ2n) is 5.12. The molecule has 2 aromatic rings. The normalized spacial score (nSPS) is 17.8. The van der Waals surface area contributed by atoms with E-state index in [1.54, 1.807) is 12.4 Å². The molecule has 0 radical (unpaired) electrons. The third-order valence-corrected chi connectivity index (χ3v) is 3.97. The molecule has 0 unspecified atom stereocenters. The zero-order valence-electron chi connectivity index (χ0n) is 11.1. The van der Waals surface area contributed by atoms with Crippen molar-refractivity contribution in [3.05, 3.63) is 59.4 Å². The van der Waals surface area contributed by atoms with Crippen molar-refractivity contribution in [1.82, 2.24) is 9.88 Å². The highest BCUT2D eigenvalue weighted by Gasteiger charge is 2.27. The molecular formula is C16H18N2O. The average Bonchev–Trinajstić information content (AvgIpc) is 2.99. The highest BCUT2D eigenvalue weighted by molar-refractivity contribution is 5.94. The Morgan fingerprint density at radius 2 is 2.16 bits per heavy atom. The first-order valence-corrected chi connectivity index (χ1v) is 6.75. The van der Waals surface area contributed by atoms with Crippen LogP contribution in [0.1, 0.15) is 40.4 Å². The molecule has 1 heterocycles. The minimum absolute atomic E-state index is 0.0861. The summed E-state index contributed by atoms with van der Waals surface area (Å²) in [5.41, 5.74) is 3.41. The Morgan fingerprint density at radius 3 is 2.95 bits per heavy atom. The number of aromatic nitrogens is 1. The van der Waals surface area contributed by atoms with E-state index in [-0.39, 0.29) is 11.9 Å². The molecule has 0 saturated carbocycles. The van der Waals surface area contributed by atoms with Gasteiger partial charge in [0, 0.05) is 19.4 Å². The zero-order valence-corrected chi connectivity index (χ0v) is 11.1. The number of rotatable bonds is 2. The Kier molecular flexibility index (Phi) is 3.11. The number of nitrogens with zero attached hydrogens (tertiary/aromatic N) is 1. The van der Waals surface area contributed by atoms with Gasteiger partial charge in [-0.15, -0.1) is 0 Å². The molecule has 98 valence electrons. The van der Waals surface area contributed by atoms with E-state index in [1.165, 1.54) is 11.1 Å². The number of hydrogen-bond acceptors (Lipinski definition) is 1. The summed E-state index contributed by atoms with van der Waals surface area (Å²) in [5, 5.41) is 0. The highest BCUT2D eigenvalue weighted by Crippen LogP contribution is 2.33. The quantitative estimate of drug-likeness (QED) is 0.878. The number of fused-ring (bicyclic) bond motifs is 1. The van der Waals surface area contributed by atoms with Crippen molar-refractivity contribution >= 4 is 5.91 Å². The number of aryl methyl sites for hydroxylation is 1.